The first-order valence-corrected chi connectivity index (χ1v) is 11.2. The maximum atomic E-state index is 12.4. The zero-order chi connectivity index (χ0) is 23.2. The van der Waals surface area contributed by atoms with Crippen LogP contribution in [0.25, 0.3) is 16.7 Å². The van der Waals surface area contributed by atoms with E-state index in [1.165, 1.54) is 5.56 Å². The average molecular weight is 445 g/mol. The summed E-state index contributed by atoms with van der Waals surface area (Å²) in [5.74, 6) is 1.74. The standard InChI is InChI=1S/C26H28N4O3/c1-4-18(3)19-6-11-23(12-7-19)33-17-26(31)27-20-8-15-24-25(16-20)29-30(28-24)21-9-13-22(14-10-21)32-5-2/h6-16,18H,4-5,17H2,1-3H3,(H,27,31)/t18-/m1/s1. The Morgan fingerprint density at radius 2 is 1.58 bits per heavy atom. The van der Waals surface area contributed by atoms with Gasteiger partial charge in [0.2, 0.25) is 0 Å². The van der Waals surface area contributed by atoms with Crippen molar-refractivity contribution < 1.29 is 14.3 Å². The number of aromatic nitrogens is 3. The van der Waals surface area contributed by atoms with Crippen LogP contribution in [0.2, 0.25) is 0 Å². The lowest BCUT2D eigenvalue weighted by atomic mass is 9.99. The number of hydrogen-bond donors (Lipinski definition) is 1. The molecule has 0 radical (unpaired) electrons. The number of anilines is 1. The van der Waals surface area contributed by atoms with E-state index in [1.54, 1.807) is 16.9 Å². The predicted octanol–water partition coefficient (Wildman–Crippen LogP) is 5.35. The average Bonchev–Trinajstić information content (AvgIpc) is 3.27. The van der Waals surface area contributed by atoms with Gasteiger partial charge >= 0.3 is 0 Å². The highest BCUT2D eigenvalue weighted by molar-refractivity contribution is 5.93. The van der Waals surface area contributed by atoms with Gasteiger partial charge in [-0.2, -0.15) is 4.80 Å². The first-order chi connectivity index (χ1) is 16.1. The zero-order valence-electron chi connectivity index (χ0n) is 19.1. The second-order valence-corrected chi connectivity index (χ2v) is 7.84. The predicted molar refractivity (Wildman–Crippen MR) is 129 cm³/mol. The molecule has 0 saturated heterocycles. The van der Waals surface area contributed by atoms with Crippen LogP contribution in [0.15, 0.2) is 66.7 Å². The highest BCUT2D eigenvalue weighted by Gasteiger charge is 2.09. The summed E-state index contributed by atoms with van der Waals surface area (Å²) in [5.41, 5.74) is 4.15. The molecule has 170 valence electrons. The van der Waals surface area contributed by atoms with Gasteiger partial charge in [-0.3, -0.25) is 4.79 Å². The van der Waals surface area contributed by atoms with Crippen molar-refractivity contribution in [1.82, 2.24) is 15.0 Å². The molecule has 3 aromatic carbocycles. The number of carbonyl (C=O) groups excluding carboxylic acids is 1. The molecule has 0 aliphatic rings. The molecule has 0 fully saturated rings. The van der Waals surface area contributed by atoms with Gasteiger partial charge < -0.3 is 14.8 Å². The number of rotatable bonds is 9. The van der Waals surface area contributed by atoms with E-state index in [4.69, 9.17) is 9.47 Å². The van der Waals surface area contributed by atoms with E-state index in [0.717, 1.165) is 23.4 Å². The third-order valence-electron chi connectivity index (χ3n) is 5.47. The molecule has 4 rings (SSSR count). The molecule has 0 unspecified atom stereocenters. The van der Waals surface area contributed by atoms with Crippen LogP contribution < -0.4 is 14.8 Å². The van der Waals surface area contributed by atoms with Crippen molar-refractivity contribution in [3.63, 3.8) is 0 Å². The van der Waals surface area contributed by atoms with Crippen molar-refractivity contribution in [2.75, 3.05) is 18.5 Å². The number of hydrogen-bond acceptors (Lipinski definition) is 5. The molecule has 33 heavy (non-hydrogen) atoms. The molecule has 0 bridgehead atoms. The summed E-state index contributed by atoms with van der Waals surface area (Å²) in [6.07, 6.45) is 1.08. The summed E-state index contributed by atoms with van der Waals surface area (Å²) in [6.45, 7) is 6.85. The number of ether oxygens (including phenoxy) is 2. The maximum absolute atomic E-state index is 12.4. The number of nitrogens with zero attached hydrogens (tertiary/aromatic N) is 3. The minimum absolute atomic E-state index is 0.0699. The molecule has 1 amide bonds. The molecule has 0 spiro atoms. The van der Waals surface area contributed by atoms with Gasteiger partial charge in [0.1, 0.15) is 22.5 Å². The molecule has 1 atom stereocenters. The Hall–Kier alpha value is -3.87. The van der Waals surface area contributed by atoms with Crippen LogP contribution in [0.4, 0.5) is 5.69 Å². The van der Waals surface area contributed by atoms with Gasteiger partial charge in [0.15, 0.2) is 6.61 Å². The second kappa shape index (κ2) is 10.2. The molecule has 7 heteroatoms. The van der Waals surface area contributed by atoms with Crippen LogP contribution in [0.3, 0.4) is 0 Å². The van der Waals surface area contributed by atoms with Crippen LogP contribution in [-0.2, 0) is 4.79 Å². The van der Waals surface area contributed by atoms with Crippen molar-refractivity contribution in [3.05, 3.63) is 72.3 Å². The van der Waals surface area contributed by atoms with Crippen LogP contribution in [0.1, 0.15) is 38.7 Å². The van der Waals surface area contributed by atoms with Crippen molar-refractivity contribution >= 4 is 22.6 Å². The van der Waals surface area contributed by atoms with Gasteiger partial charge in [-0.05, 0) is 79.4 Å². The lowest BCUT2D eigenvalue weighted by Crippen LogP contribution is -2.20. The van der Waals surface area contributed by atoms with E-state index in [-0.39, 0.29) is 12.5 Å². The summed E-state index contributed by atoms with van der Waals surface area (Å²) < 4.78 is 11.1. The molecular weight excluding hydrogens is 416 g/mol. The molecule has 7 nitrogen and oxygen atoms in total. The molecule has 4 aromatic rings. The smallest absolute Gasteiger partial charge is 0.262 e. The van der Waals surface area contributed by atoms with Gasteiger partial charge in [-0.25, -0.2) is 0 Å². The first-order valence-electron chi connectivity index (χ1n) is 11.2. The fourth-order valence-electron chi connectivity index (χ4n) is 3.42. The fourth-order valence-corrected chi connectivity index (χ4v) is 3.42. The zero-order valence-corrected chi connectivity index (χ0v) is 19.1. The summed E-state index contributed by atoms with van der Waals surface area (Å²) in [7, 11) is 0. The van der Waals surface area contributed by atoms with E-state index in [2.05, 4.69) is 29.4 Å². The van der Waals surface area contributed by atoms with E-state index < -0.39 is 0 Å². The molecule has 1 aromatic heterocycles. The number of benzene rings is 3. The molecular formula is C26H28N4O3. The summed E-state index contributed by atoms with van der Waals surface area (Å²) in [4.78, 5) is 13.9. The van der Waals surface area contributed by atoms with Crippen molar-refractivity contribution in [1.29, 1.82) is 0 Å². The van der Waals surface area contributed by atoms with E-state index >= 15 is 0 Å². The Kier molecular flexibility index (Phi) is 6.88. The van der Waals surface area contributed by atoms with Gasteiger partial charge in [-0.1, -0.05) is 26.0 Å². The van der Waals surface area contributed by atoms with Gasteiger partial charge in [-0.15, -0.1) is 10.2 Å². The van der Waals surface area contributed by atoms with Crippen molar-refractivity contribution in [3.8, 4) is 17.2 Å². The molecule has 0 saturated carbocycles. The largest absolute Gasteiger partial charge is 0.494 e. The molecule has 1 N–H and O–H groups in total. The maximum Gasteiger partial charge on any atom is 0.262 e. The summed E-state index contributed by atoms with van der Waals surface area (Å²) >= 11 is 0. The Labute approximate surface area is 193 Å². The van der Waals surface area contributed by atoms with Crippen LogP contribution in [0.5, 0.6) is 11.5 Å². The number of amides is 1. The molecule has 1 heterocycles. The van der Waals surface area contributed by atoms with E-state index in [9.17, 15) is 4.79 Å². The van der Waals surface area contributed by atoms with Crippen LogP contribution in [-0.4, -0.2) is 34.1 Å². The van der Waals surface area contributed by atoms with Crippen molar-refractivity contribution in [2.24, 2.45) is 0 Å². The van der Waals surface area contributed by atoms with Gasteiger partial charge in [0, 0.05) is 5.69 Å². The van der Waals surface area contributed by atoms with Crippen LogP contribution >= 0.6 is 0 Å². The Morgan fingerprint density at radius 3 is 2.27 bits per heavy atom. The fraction of sp³-hybridized carbons (Fsp3) is 0.269. The second-order valence-electron chi connectivity index (χ2n) is 7.84. The van der Waals surface area contributed by atoms with Crippen molar-refractivity contribution in [2.45, 2.75) is 33.1 Å². The number of carbonyl (C=O) groups is 1. The Balaban J connectivity index is 1.37. The number of nitrogens with one attached hydrogen (secondary N) is 1. The van der Waals surface area contributed by atoms with Crippen LogP contribution in [0, 0.1) is 0 Å². The SMILES string of the molecule is CCOc1ccc(-n2nc3ccc(NC(=O)COc4ccc([C@H](C)CC)cc4)cc3n2)cc1. The third kappa shape index (κ3) is 5.49. The lowest BCUT2D eigenvalue weighted by Gasteiger charge is -2.11. The first kappa shape index (κ1) is 22.3. The lowest BCUT2D eigenvalue weighted by molar-refractivity contribution is -0.118. The highest BCUT2D eigenvalue weighted by atomic mass is 16.5. The molecule has 0 aliphatic carbocycles. The minimum atomic E-state index is -0.237. The Morgan fingerprint density at radius 1 is 0.909 bits per heavy atom. The summed E-state index contributed by atoms with van der Waals surface area (Å²) in [5, 5.41) is 11.9. The van der Waals surface area contributed by atoms with Gasteiger partial charge in [0.05, 0.1) is 12.3 Å². The number of fused-ring (bicyclic) bond motifs is 1. The minimum Gasteiger partial charge on any atom is -0.494 e. The van der Waals surface area contributed by atoms with E-state index in [0.29, 0.717) is 29.5 Å². The normalized spacial score (nSPS) is 11.8. The third-order valence-corrected chi connectivity index (χ3v) is 5.47. The van der Waals surface area contributed by atoms with E-state index in [1.807, 2.05) is 61.5 Å². The monoisotopic (exact) mass is 444 g/mol. The highest BCUT2D eigenvalue weighted by Crippen LogP contribution is 2.22. The quantitative estimate of drug-likeness (QED) is 0.376. The van der Waals surface area contributed by atoms with Gasteiger partial charge in [0.25, 0.3) is 5.91 Å². The Bertz CT molecular complexity index is 1220. The summed E-state index contributed by atoms with van der Waals surface area (Å²) in [6, 6.07) is 20.9. The topological polar surface area (TPSA) is 78.3 Å². The molecule has 0 aliphatic heterocycles.